The van der Waals surface area contributed by atoms with Gasteiger partial charge in [0.1, 0.15) is 0 Å². The normalized spacial score (nSPS) is 22.7. The Labute approximate surface area is 165 Å². The van der Waals surface area contributed by atoms with Crippen molar-refractivity contribution in [2.45, 2.75) is 72.1 Å². The largest absolute Gasteiger partial charge is 0.338 e. The van der Waals surface area contributed by atoms with E-state index in [1.165, 1.54) is 31.3 Å². The van der Waals surface area contributed by atoms with E-state index in [2.05, 4.69) is 42.8 Å². The lowest BCUT2D eigenvalue weighted by Gasteiger charge is -2.57. The Bertz CT molecular complexity index is 650. The molecule has 1 aromatic heterocycles. The van der Waals surface area contributed by atoms with E-state index in [0.717, 1.165) is 44.0 Å². The summed E-state index contributed by atoms with van der Waals surface area (Å²) in [5.74, 6) is 1.83. The summed E-state index contributed by atoms with van der Waals surface area (Å²) in [6.45, 7) is 8.62. The highest BCUT2D eigenvalue weighted by Gasteiger charge is 2.51. The topological polar surface area (TPSA) is 33.2 Å². The Kier molecular flexibility index (Phi) is 6.73. The second-order valence-corrected chi connectivity index (χ2v) is 9.02. The molecule has 3 heteroatoms. The van der Waals surface area contributed by atoms with Crippen LogP contribution in [-0.2, 0) is 11.2 Å². The van der Waals surface area contributed by atoms with Crippen molar-refractivity contribution in [3.8, 4) is 0 Å². The van der Waals surface area contributed by atoms with Crippen molar-refractivity contribution in [1.29, 1.82) is 0 Å². The summed E-state index contributed by atoms with van der Waals surface area (Å²) < 4.78 is 0. The number of pyridine rings is 1. The van der Waals surface area contributed by atoms with Crippen LogP contribution in [0.1, 0.15) is 71.4 Å². The van der Waals surface area contributed by atoms with Crippen molar-refractivity contribution in [2.75, 3.05) is 13.1 Å². The van der Waals surface area contributed by atoms with Gasteiger partial charge in [0.25, 0.3) is 0 Å². The van der Waals surface area contributed by atoms with Gasteiger partial charge in [-0.15, -0.1) is 0 Å². The number of aromatic nitrogens is 1. The van der Waals surface area contributed by atoms with Crippen LogP contribution >= 0.6 is 0 Å². The van der Waals surface area contributed by atoms with E-state index < -0.39 is 0 Å². The third-order valence-corrected chi connectivity index (χ3v) is 6.92. The lowest BCUT2D eigenvalue weighted by atomic mass is 9.49. The monoisotopic (exact) mass is 368 g/mol. The molecule has 2 unspecified atom stereocenters. The van der Waals surface area contributed by atoms with E-state index in [1.807, 2.05) is 18.3 Å². The zero-order valence-corrected chi connectivity index (χ0v) is 17.4. The summed E-state index contributed by atoms with van der Waals surface area (Å²) in [6, 6.07) is 6.03. The molecule has 0 aliphatic heterocycles. The first-order valence-electron chi connectivity index (χ1n) is 10.9. The van der Waals surface area contributed by atoms with Gasteiger partial charge in [-0.25, -0.2) is 0 Å². The Morgan fingerprint density at radius 1 is 1.26 bits per heavy atom. The number of carbonyl (C=O) groups excluding carboxylic acids is 1. The second-order valence-electron chi connectivity index (χ2n) is 9.02. The SMILES string of the molecule is CCCCCCC(=O)N(CCc1ccccn1)CC1=CCC2CC1C2(C)C. The highest BCUT2D eigenvalue weighted by molar-refractivity contribution is 5.76. The maximum Gasteiger partial charge on any atom is 0.222 e. The Morgan fingerprint density at radius 3 is 2.78 bits per heavy atom. The molecule has 1 fully saturated rings. The van der Waals surface area contributed by atoms with Crippen molar-refractivity contribution in [1.82, 2.24) is 9.88 Å². The van der Waals surface area contributed by atoms with Crippen molar-refractivity contribution in [3.05, 3.63) is 41.7 Å². The average molecular weight is 369 g/mol. The molecule has 1 saturated carbocycles. The van der Waals surface area contributed by atoms with Gasteiger partial charge in [0.05, 0.1) is 0 Å². The number of fused-ring (bicyclic) bond motifs is 1. The maximum absolute atomic E-state index is 13.0. The summed E-state index contributed by atoms with van der Waals surface area (Å²) in [5, 5.41) is 0. The summed E-state index contributed by atoms with van der Waals surface area (Å²) in [4.78, 5) is 19.5. The molecule has 3 aliphatic carbocycles. The smallest absolute Gasteiger partial charge is 0.222 e. The van der Waals surface area contributed by atoms with E-state index in [9.17, 15) is 4.79 Å². The van der Waals surface area contributed by atoms with Crippen molar-refractivity contribution in [3.63, 3.8) is 0 Å². The summed E-state index contributed by atoms with van der Waals surface area (Å²) in [5.41, 5.74) is 2.99. The first-order chi connectivity index (χ1) is 13.0. The van der Waals surface area contributed by atoms with Gasteiger partial charge in [0.2, 0.25) is 5.91 Å². The third kappa shape index (κ3) is 4.80. The lowest BCUT2D eigenvalue weighted by Crippen LogP contribution is -2.50. The molecule has 0 spiro atoms. The minimum atomic E-state index is 0.321. The number of rotatable bonds is 10. The third-order valence-electron chi connectivity index (χ3n) is 6.92. The van der Waals surface area contributed by atoms with E-state index in [4.69, 9.17) is 0 Å². The average Bonchev–Trinajstić information content (AvgIpc) is 2.69. The van der Waals surface area contributed by atoms with E-state index in [1.54, 1.807) is 0 Å². The highest BCUT2D eigenvalue weighted by Crippen LogP contribution is 2.59. The Hall–Kier alpha value is -1.64. The standard InChI is InChI=1S/C24H36N2O/c1-4-5-6-7-11-23(27)26(16-14-21-10-8-9-15-25-21)18-19-12-13-20-17-22(19)24(20,2)3/h8-10,12,15,20,22H,4-7,11,13-14,16-18H2,1-3H3. The van der Waals surface area contributed by atoms with Crippen LogP contribution in [0.5, 0.6) is 0 Å². The number of hydrogen-bond donors (Lipinski definition) is 0. The molecule has 2 atom stereocenters. The molecule has 1 aromatic rings. The predicted molar refractivity (Wildman–Crippen MR) is 111 cm³/mol. The van der Waals surface area contributed by atoms with Crippen LogP contribution in [0, 0.1) is 17.3 Å². The van der Waals surface area contributed by atoms with Gasteiger partial charge in [-0.3, -0.25) is 9.78 Å². The van der Waals surface area contributed by atoms with Gasteiger partial charge in [-0.2, -0.15) is 0 Å². The van der Waals surface area contributed by atoms with Gasteiger partial charge in [0, 0.05) is 37.8 Å². The van der Waals surface area contributed by atoms with Crippen molar-refractivity contribution < 1.29 is 4.79 Å². The van der Waals surface area contributed by atoms with Gasteiger partial charge in [-0.05, 0) is 48.6 Å². The molecule has 4 rings (SSSR count). The fourth-order valence-electron chi connectivity index (χ4n) is 4.82. The fraction of sp³-hybridized carbons (Fsp3) is 0.667. The van der Waals surface area contributed by atoms with Crippen LogP contribution in [-0.4, -0.2) is 28.9 Å². The molecule has 27 heavy (non-hydrogen) atoms. The molecular weight excluding hydrogens is 332 g/mol. The molecule has 0 aromatic carbocycles. The Morgan fingerprint density at radius 2 is 2.11 bits per heavy atom. The van der Waals surface area contributed by atoms with E-state index in [0.29, 0.717) is 23.7 Å². The maximum atomic E-state index is 13.0. The molecular formula is C24H36N2O. The van der Waals surface area contributed by atoms with Crippen LogP contribution < -0.4 is 0 Å². The van der Waals surface area contributed by atoms with Crippen LogP contribution in [0.15, 0.2) is 36.0 Å². The first kappa shape index (κ1) is 20.1. The van der Waals surface area contributed by atoms with Crippen LogP contribution in [0.25, 0.3) is 0 Å². The van der Waals surface area contributed by atoms with Gasteiger partial charge < -0.3 is 4.90 Å². The number of nitrogens with zero attached hydrogens (tertiary/aromatic N) is 2. The Balaban J connectivity index is 1.62. The summed E-state index contributed by atoms with van der Waals surface area (Å²) >= 11 is 0. The number of carbonyl (C=O) groups is 1. The molecule has 148 valence electrons. The molecule has 0 saturated heterocycles. The number of unbranched alkanes of at least 4 members (excludes halogenated alkanes) is 3. The quantitative estimate of drug-likeness (QED) is 0.408. The van der Waals surface area contributed by atoms with Gasteiger partial charge in [0.15, 0.2) is 0 Å². The van der Waals surface area contributed by atoms with Gasteiger partial charge in [-0.1, -0.05) is 57.7 Å². The molecule has 3 nitrogen and oxygen atoms in total. The highest BCUT2D eigenvalue weighted by atomic mass is 16.2. The lowest BCUT2D eigenvalue weighted by molar-refractivity contribution is -0.131. The van der Waals surface area contributed by atoms with Crippen LogP contribution in [0.2, 0.25) is 0 Å². The van der Waals surface area contributed by atoms with E-state index >= 15 is 0 Å². The minimum Gasteiger partial charge on any atom is -0.338 e. The zero-order chi connectivity index (χ0) is 19.3. The molecule has 0 N–H and O–H groups in total. The fourth-order valence-corrected chi connectivity index (χ4v) is 4.82. The van der Waals surface area contributed by atoms with E-state index in [-0.39, 0.29) is 0 Å². The predicted octanol–water partition coefficient (Wildman–Crippen LogP) is 5.42. The summed E-state index contributed by atoms with van der Waals surface area (Å²) in [6.07, 6.45) is 12.9. The van der Waals surface area contributed by atoms with Crippen LogP contribution in [0.4, 0.5) is 0 Å². The number of amides is 1. The van der Waals surface area contributed by atoms with Crippen molar-refractivity contribution in [2.24, 2.45) is 17.3 Å². The summed E-state index contributed by atoms with van der Waals surface area (Å²) in [7, 11) is 0. The molecule has 1 amide bonds. The first-order valence-corrected chi connectivity index (χ1v) is 10.9. The second kappa shape index (κ2) is 9.03. The molecule has 1 heterocycles. The molecule has 3 aliphatic rings. The van der Waals surface area contributed by atoms with Crippen molar-refractivity contribution >= 4 is 5.91 Å². The number of hydrogen-bond acceptors (Lipinski definition) is 2. The molecule has 2 bridgehead atoms. The van der Waals surface area contributed by atoms with Crippen LogP contribution in [0.3, 0.4) is 0 Å². The zero-order valence-electron chi connectivity index (χ0n) is 17.4. The minimum absolute atomic E-state index is 0.321. The van der Waals surface area contributed by atoms with Gasteiger partial charge >= 0.3 is 0 Å². The molecule has 0 radical (unpaired) electrons. The number of allylic oxidation sites excluding steroid dienone is 1.